The van der Waals surface area contributed by atoms with Crippen LogP contribution in [0.1, 0.15) is 54.9 Å². The van der Waals surface area contributed by atoms with Crippen molar-refractivity contribution < 1.29 is 4.79 Å². The Morgan fingerprint density at radius 1 is 1.44 bits per heavy atom. The van der Waals surface area contributed by atoms with Gasteiger partial charge in [-0.3, -0.25) is 4.79 Å². The highest BCUT2D eigenvalue weighted by atomic mass is 16.1. The van der Waals surface area contributed by atoms with Crippen molar-refractivity contribution in [3.05, 3.63) is 23.0 Å². The van der Waals surface area contributed by atoms with E-state index in [1.54, 1.807) is 0 Å². The van der Waals surface area contributed by atoms with Crippen molar-refractivity contribution in [2.75, 3.05) is 0 Å². The minimum atomic E-state index is 0.00366. The van der Waals surface area contributed by atoms with Gasteiger partial charge >= 0.3 is 0 Å². The molecule has 98 valence electrons. The van der Waals surface area contributed by atoms with Crippen molar-refractivity contribution in [3.63, 3.8) is 0 Å². The van der Waals surface area contributed by atoms with Crippen LogP contribution < -0.4 is 5.32 Å². The van der Waals surface area contributed by atoms with E-state index in [-0.39, 0.29) is 5.91 Å². The Hall–Kier alpha value is -1.45. The van der Waals surface area contributed by atoms with Gasteiger partial charge in [0.1, 0.15) is 0 Å². The van der Waals surface area contributed by atoms with E-state index in [4.69, 9.17) is 0 Å². The predicted molar refractivity (Wildman–Crippen MR) is 70.4 cm³/mol. The minimum absolute atomic E-state index is 0.00366. The number of amides is 1. The van der Waals surface area contributed by atoms with E-state index in [1.165, 1.54) is 6.42 Å². The summed E-state index contributed by atoms with van der Waals surface area (Å²) in [5.41, 5.74) is 2.26. The van der Waals surface area contributed by atoms with Gasteiger partial charge in [-0.15, -0.1) is 0 Å². The van der Waals surface area contributed by atoms with Crippen LogP contribution in [0, 0.1) is 12.8 Å². The summed E-state index contributed by atoms with van der Waals surface area (Å²) < 4.78 is 0. The summed E-state index contributed by atoms with van der Waals surface area (Å²) in [6.45, 7) is 6.09. The highest BCUT2D eigenvalue weighted by Crippen LogP contribution is 2.25. The molecule has 1 aliphatic rings. The van der Waals surface area contributed by atoms with Crippen molar-refractivity contribution >= 4 is 5.91 Å². The Morgan fingerprint density at radius 3 is 2.83 bits per heavy atom. The summed E-state index contributed by atoms with van der Waals surface area (Å²) in [5, 5.41) is 11.2. The average molecular weight is 247 g/mol. The maximum absolute atomic E-state index is 12.3. The molecule has 2 atom stereocenters. The van der Waals surface area contributed by atoms with Crippen molar-refractivity contribution in [2.45, 2.75) is 52.5 Å². The second-order valence-electron chi connectivity index (χ2n) is 5.29. The summed E-state index contributed by atoms with van der Waals surface area (Å²) in [5.74, 6) is 0.724. The van der Waals surface area contributed by atoms with Crippen molar-refractivity contribution in [1.82, 2.24) is 15.5 Å². The lowest BCUT2D eigenvalue weighted by Gasteiger charge is -2.14. The third-order valence-corrected chi connectivity index (χ3v) is 3.60. The first-order chi connectivity index (χ1) is 8.60. The molecule has 0 aliphatic heterocycles. The Morgan fingerprint density at radius 2 is 2.22 bits per heavy atom. The van der Waals surface area contributed by atoms with Gasteiger partial charge in [0.25, 0.3) is 5.91 Å². The van der Waals surface area contributed by atoms with Gasteiger partial charge in [-0.1, -0.05) is 13.8 Å². The lowest BCUT2D eigenvalue weighted by Crippen LogP contribution is -2.33. The van der Waals surface area contributed by atoms with E-state index in [0.29, 0.717) is 11.6 Å². The highest BCUT2D eigenvalue weighted by molar-refractivity contribution is 5.95. The molecule has 1 aromatic heterocycles. The van der Waals surface area contributed by atoms with Gasteiger partial charge in [-0.05, 0) is 44.6 Å². The maximum Gasteiger partial charge on any atom is 0.253 e. The van der Waals surface area contributed by atoms with Crippen molar-refractivity contribution in [2.24, 2.45) is 5.92 Å². The highest BCUT2D eigenvalue weighted by Gasteiger charge is 2.24. The zero-order chi connectivity index (χ0) is 13.1. The van der Waals surface area contributed by atoms with Crippen LogP contribution in [-0.4, -0.2) is 22.1 Å². The summed E-state index contributed by atoms with van der Waals surface area (Å²) in [7, 11) is 0. The zero-order valence-corrected chi connectivity index (χ0v) is 11.4. The molecule has 0 saturated heterocycles. The van der Waals surface area contributed by atoms with E-state index in [0.717, 1.165) is 36.6 Å². The van der Waals surface area contributed by atoms with Gasteiger partial charge in [-0.2, -0.15) is 10.2 Å². The molecule has 2 unspecified atom stereocenters. The lowest BCUT2D eigenvalue weighted by molar-refractivity contribution is 0.0935. The molecular weight excluding hydrogens is 226 g/mol. The average Bonchev–Trinajstić information content (AvgIpc) is 2.74. The van der Waals surface area contributed by atoms with Gasteiger partial charge in [0.2, 0.25) is 0 Å². The molecule has 0 spiro atoms. The first-order valence-corrected chi connectivity index (χ1v) is 6.74. The van der Waals surface area contributed by atoms with Crippen LogP contribution in [0.15, 0.2) is 6.07 Å². The van der Waals surface area contributed by atoms with Crippen LogP contribution in [0.3, 0.4) is 0 Å². The molecule has 1 amide bonds. The van der Waals surface area contributed by atoms with E-state index in [2.05, 4.69) is 22.4 Å². The fourth-order valence-electron chi connectivity index (χ4n) is 2.57. The summed E-state index contributed by atoms with van der Waals surface area (Å²) >= 11 is 0. The van der Waals surface area contributed by atoms with Crippen LogP contribution in [0.2, 0.25) is 0 Å². The number of rotatable bonds is 3. The largest absolute Gasteiger partial charge is 0.349 e. The Labute approximate surface area is 108 Å². The number of nitrogens with one attached hydrogen (secondary N) is 1. The van der Waals surface area contributed by atoms with E-state index in [9.17, 15) is 4.79 Å². The molecule has 4 nitrogen and oxygen atoms in total. The van der Waals surface area contributed by atoms with Gasteiger partial charge in [0.15, 0.2) is 0 Å². The fraction of sp³-hybridized carbons (Fsp3) is 0.643. The molecule has 0 aromatic carbocycles. The van der Waals surface area contributed by atoms with Gasteiger partial charge in [0, 0.05) is 6.04 Å². The molecular formula is C14H21N3O. The van der Waals surface area contributed by atoms with Gasteiger partial charge < -0.3 is 5.32 Å². The summed E-state index contributed by atoms with van der Waals surface area (Å²) in [4.78, 5) is 12.3. The Bertz CT molecular complexity index is 445. The van der Waals surface area contributed by atoms with E-state index < -0.39 is 0 Å². The zero-order valence-electron chi connectivity index (χ0n) is 11.4. The van der Waals surface area contributed by atoms with Crippen molar-refractivity contribution in [1.29, 1.82) is 0 Å². The van der Waals surface area contributed by atoms with E-state index >= 15 is 0 Å². The third-order valence-electron chi connectivity index (χ3n) is 3.60. The van der Waals surface area contributed by atoms with Crippen LogP contribution in [0.4, 0.5) is 0 Å². The number of carbonyl (C=O) groups excluding carboxylic acids is 1. The SMILES string of the molecule is CCc1nnc(C)cc1C(=O)NC1CCC(C)C1. The summed E-state index contributed by atoms with van der Waals surface area (Å²) in [6, 6.07) is 2.16. The molecule has 1 heterocycles. The van der Waals surface area contributed by atoms with E-state index in [1.807, 2.05) is 19.9 Å². The molecule has 4 heteroatoms. The smallest absolute Gasteiger partial charge is 0.253 e. The molecule has 2 rings (SSSR count). The number of hydrogen-bond acceptors (Lipinski definition) is 3. The second kappa shape index (κ2) is 5.46. The monoisotopic (exact) mass is 247 g/mol. The molecule has 18 heavy (non-hydrogen) atoms. The number of carbonyl (C=O) groups is 1. The first kappa shape index (κ1) is 13.0. The quantitative estimate of drug-likeness (QED) is 0.891. The third kappa shape index (κ3) is 2.86. The standard InChI is InChI=1S/C14H21N3O/c1-4-13-12(8-10(3)16-17-13)14(18)15-11-6-5-9(2)7-11/h8-9,11H,4-7H2,1-3H3,(H,15,18). The van der Waals surface area contributed by atoms with Crippen LogP contribution in [-0.2, 0) is 6.42 Å². The van der Waals surface area contributed by atoms with Gasteiger partial charge in [-0.25, -0.2) is 0 Å². The number of aryl methyl sites for hydroxylation is 2. The van der Waals surface area contributed by atoms with Crippen LogP contribution >= 0.6 is 0 Å². The van der Waals surface area contributed by atoms with Gasteiger partial charge in [0.05, 0.1) is 17.0 Å². The molecule has 1 fully saturated rings. The second-order valence-corrected chi connectivity index (χ2v) is 5.29. The maximum atomic E-state index is 12.3. The molecule has 0 radical (unpaired) electrons. The number of aromatic nitrogens is 2. The van der Waals surface area contributed by atoms with Crippen molar-refractivity contribution in [3.8, 4) is 0 Å². The van der Waals surface area contributed by atoms with Crippen LogP contribution in [0.25, 0.3) is 0 Å². The molecule has 1 saturated carbocycles. The minimum Gasteiger partial charge on any atom is -0.349 e. The fourth-order valence-corrected chi connectivity index (χ4v) is 2.57. The topological polar surface area (TPSA) is 54.9 Å². The molecule has 1 N–H and O–H groups in total. The first-order valence-electron chi connectivity index (χ1n) is 6.74. The summed E-state index contributed by atoms with van der Waals surface area (Å²) in [6.07, 6.45) is 4.12. The van der Waals surface area contributed by atoms with Crippen LogP contribution in [0.5, 0.6) is 0 Å². The molecule has 0 bridgehead atoms. The Balaban J connectivity index is 2.10. The normalized spacial score (nSPS) is 23.1. The predicted octanol–water partition coefficient (Wildman–Crippen LogP) is 2.27. The lowest BCUT2D eigenvalue weighted by atomic mass is 10.1. The number of nitrogens with zero attached hydrogens (tertiary/aromatic N) is 2. The molecule has 1 aliphatic carbocycles. The Kier molecular flexibility index (Phi) is 3.94. The molecule has 1 aromatic rings. The number of hydrogen-bond donors (Lipinski definition) is 1.